The first kappa shape index (κ1) is 20.2. The molecule has 0 aliphatic carbocycles. The summed E-state index contributed by atoms with van der Waals surface area (Å²) >= 11 is 6.20. The molecule has 1 saturated heterocycles. The number of anilines is 1. The number of alkyl halides is 3. The van der Waals surface area contributed by atoms with Crippen LogP contribution in [0.15, 0.2) is 42.5 Å². The number of amides is 2. The molecule has 0 radical (unpaired) electrons. The Hall–Kier alpha value is -2.54. The highest BCUT2D eigenvalue weighted by molar-refractivity contribution is 6.34. The number of carbonyl (C=O) groups excluding carboxylic acids is 2. The Kier molecular flexibility index (Phi) is 5.65. The van der Waals surface area contributed by atoms with E-state index in [1.807, 2.05) is 0 Å². The van der Waals surface area contributed by atoms with Crippen LogP contribution in [0.3, 0.4) is 0 Å². The molecule has 2 aromatic rings. The number of carbonyl (C=O) groups is 2. The zero-order chi connectivity index (χ0) is 20.5. The van der Waals surface area contributed by atoms with Gasteiger partial charge < -0.3 is 9.80 Å². The van der Waals surface area contributed by atoms with Crippen molar-refractivity contribution in [2.45, 2.75) is 25.6 Å². The summed E-state index contributed by atoms with van der Waals surface area (Å²) in [5, 5.41) is 0.386. The molecule has 1 aliphatic heterocycles. The van der Waals surface area contributed by atoms with Gasteiger partial charge in [0, 0.05) is 32.1 Å². The molecule has 2 amide bonds. The lowest BCUT2D eigenvalue weighted by molar-refractivity contribution is -0.137. The molecule has 1 fully saturated rings. The van der Waals surface area contributed by atoms with E-state index in [9.17, 15) is 22.8 Å². The van der Waals surface area contributed by atoms with Gasteiger partial charge in [-0.2, -0.15) is 13.2 Å². The first-order valence-electron chi connectivity index (χ1n) is 8.68. The van der Waals surface area contributed by atoms with Crippen molar-refractivity contribution in [1.82, 2.24) is 4.90 Å². The van der Waals surface area contributed by atoms with Gasteiger partial charge in [-0.1, -0.05) is 23.7 Å². The number of nitrogens with zero attached hydrogens (tertiary/aromatic N) is 2. The van der Waals surface area contributed by atoms with Gasteiger partial charge in [-0.25, -0.2) is 0 Å². The van der Waals surface area contributed by atoms with Crippen LogP contribution >= 0.6 is 11.6 Å². The van der Waals surface area contributed by atoms with Gasteiger partial charge in [0.15, 0.2) is 0 Å². The molecule has 0 unspecified atom stereocenters. The molecule has 1 aliphatic rings. The third kappa shape index (κ3) is 4.30. The van der Waals surface area contributed by atoms with Crippen molar-refractivity contribution < 1.29 is 22.8 Å². The van der Waals surface area contributed by atoms with Crippen LogP contribution in [0.1, 0.15) is 34.3 Å². The second-order valence-electron chi connectivity index (χ2n) is 6.67. The van der Waals surface area contributed by atoms with Crippen molar-refractivity contribution in [1.29, 1.82) is 0 Å². The molecule has 4 nitrogen and oxygen atoms in total. The zero-order valence-corrected chi connectivity index (χ0v) is 15.8. The van der Waals surface area contributed by atoms with E-state index in [2.05, 4.69) is 0 Å². The minimum Gasteiger partial charge on any atom is -0.337 e. The predicted molar refractivity (Wildman–Crippen MR) is 100 cm³/mol. The van der Waals surface area contributed by atoms with E-state index < -0.39 is 11.7 Å². The summed E-state index contributed by atoms with van der Waals surface area (Å²) < 4.78 is 38.0. The molecule has 1 heterocycles. The highest BCUT2D eigenvalue weighted by Crippen LogP contribution is 2.31. The van der Waals surface area contributed by atoms with Crippen LogP contribution in [0, 0.1) is 0 Å². The molecule has 148 valence electrons. The van der Waals surface area contributed by atoms with Gasteiger partial charge in [-0.05, 0) is 42.3 Å². The van der Waals surface area contributed by atoms with Gasteiger partial charge in [0.1, 0.15) is 0 Å². The summed E-state index contributed by atoms with van der Waals surface area (Å²) in [6.45, 7) is 0.704. The lowest BCUT2D eigenvalue weighted by atomic mass is 10.1. The topological polar surface area (TPSA) is 40.6 Å². The molecule has 0 saturated carbocycles. The number of benzene rings is 2. The average Bonchev–Trinajstić information content (AvgIpc) is 3.07. The van der Waals surface area contributed by atoms with E-state index in [0.717, 1.165) is 18.6 Å². The molecule has 8 heteroatoms. The first-order chi connectivity index (χ1) is 13.2. The van der Waals surface area contributed by atoms with E-state index in [4.69, 9.17) is 11.6 Å². The van der Waals surface area contributed by atoms with Crippen LogP contribution in [-0.2, 0) is 17.5 Å². The number of halogens is 4. The summed E-state index contributed by atoms with van der Waals surface area (Å²) in [7, 11) is 1.56. The van der Waals surface area contributed by atoms with Gasteiger partial charge in [0.05, 0.1) is 16.3 Å². The minimum absolute atomic E-state index is 0.0374. The van der Waals surface area contributed by atoms with Crippen LogP contribution in [0.2, 0.25) is 5.02 Å². The van der Waals surface area contributed by atoms with E-state index in [1.165, 1.54) is 17.0 Å². The Bertz CT molecular complexity index is 897. The third-order valence-electron chi connectivity index (χ3n) is 4.61. The van der Waals surface area contributed by atoms with Crippen LogP contribution < -0.4 is 4.90 Å². The SMILES string of the molecule is CN(Cc1ccc(C(F)(F)F)cc1)C(=O)c1ccc(Cl)c(N2CCCC2=O)c1. The van der Waals surface area contributed by atoms with Crippen LogP contribution in [-0.4, -0.2) is 30.3 Å². The lowest BCUT2D eigenvalue weighted by Gasteiger charge is -2.21. The molecule has 0 spiro atoms. The molecule has 0 atom stereocenters. The van der Waals surface area contributed by atoms with Crippen LogP contribution in [0.4, 0.5) is 18.9 Å². The second kappa shape index (κ2) is 7.83. The summed E-state index contributed by atoms with van der Waals surface area (Å²) in [6.07, 6.45) is -3.21. The molecule has 0 N–H and O–H groups in total. The first-order valence-corrected chi connectivity index (χ1v) is 9.06. The summed E-state index contributed by atoms with van der Waals surface area (Å²) in [4.78, 5) is 27.7. The lowest BCUT2D eigenvalue weighted by Crippen LogP contribution is -2.27. The molecule has 28 heavy (non-hydrogen) atoms. The fourth-order valence-electron chi connectivity index (χ4n) is 3.12. The Morgan fingerprint density at radius 1 is 1.18 bits per heavy atom. The Morgan fingerprint density at radius 3 is 2.43 bits per heavy atom. The fraction of sp³-hybridized carbons (Fsp3) is 0.300. The van der Waals surface area contributed by atoms with Gasteiger partial charge in [-0.15, -0.1) is 0 Å². The fourth-order valence-corrected chi connectivity index (χ4v) is 3.34. The average molecular weight is 411 g/mol. The van der Waals surface area contributed by atoms with Gasteiger partial charge in [-0.3, -0.25) is 9.59 Å². The molecule has 0 bridgehead atoms. The minimum atomic E-state index is -4.40. The number of rotatable bonds is 4. The maximum absolute atomic E-state index is 12.7. The van der Waals surface area contributed by atoms with Crippen molar-refractivity contribution in [3.05, 3.63) is 64.2 Å². The molecule has 3 rings (SSSR count). The largest absolute Gasteiger partial charge is 0.416 e. The van der Waals surface area contributed by atoms with Crippen molar-refractivity contribution in [2.75, 3.05) is 18.5 Å². The van der Waals surface area contributed by atoms with Gasteiger partial charge >= 0.3 is 6.18 Å². The molecular weight excluding hydrogens is 393 g/mol. The van der Waals surface area contributed by atoms with E-state index in [1.54, 1.807) is 30.1 Å². The van der Waals surface area contributed by atoms with Crippen molar-refractivity contribution in [3.8, 4) is 0 Å². The second-order valence-corrected chi connectivity index (χ2v) is 7.08. The van der Waals surface area contributed by atoms with Crippen molar-refractivity contribution >= 4 is 29.1 Å². The number of hydrogen-bond donors (Lipinski definition) is 0. The van der Waals surface area contributed by atoms with Crippen LogP contribution in [0.25, 0.3) is 0 Å². The summed E-state index contributed by atoms with van der Waals surface area (Å²) in [5.41, 5.74) is 0.696. The quantitative estimate of drug-likeness (QED) is 0.729. The van der Waals surface area contributed by atoms with E-state index in [0.29, 0.717) is 34.8 Å². The standard InChI is InChI=1S/C20H18ClF3N2O2/c1-25(12-13-4-7-15(8-5-13)20(22,23)24)19(28)14-6-9-16(21)17(11-14)26-10-2-3-18(26)27/h4-9,11H,2-3,10,12H2,1H3. The number of hydrogen-bond acceptors (Lipinski definition) is 2. The van der Waals surface area contributed by atoms with Crippen molar-refractivity contribution in [2.24, 2.45) is 0 Å². The molecule has 0 aromatic heterocycles. The Morgan fingerprint density at radius 2 is 1.86 bits per heavy atom. The van der Waals surface area contributed by atoms with Crippen molar-refractivity contribution in [3.63, 3.8) is 0 Å². The highest BCUT2D eigenvalue weighted by atomic mass is 35.5. The maximum Gasteiger partial charge on any atom is 0.416 e. The van der Waals surface area contributed by atoms with Gasteiger partial charge in [0.25, 0.3) is 5.91 Å². The summed E-state index contributed by atoms with van der Waals surface area (Å²) in [5.74, 6) is -0.353. The van der Waals surface area contributed by atoms with Gasteiger partial charge in [0.2, 0.25) is 5.91 Å². The van der Waals surface area contributed by atoms with Crippen LogP contribution in [0.5, 0.6) is 0 Å². The maximum atomic E-state index is 12.7. The van der Waals surface area contributed by atoms with E-state index in [-0.39, 0.29) is 18.4 Å². The summed E-state index contributed by atoms with van der Waals surface area (Å²) in [6, 6.07) is 9.41. The normalized spacial score (nSPS) is 14.5. The molecule has 2 aromatic carbocycles. The predicted octanol–water partition coefficient (Wildman–Crippen LogP) is 4.76. The zero-order valence-electron chi connectivity index (χ0n) is 15.1. The highest BCUT2D eigenvalue weighted by Gasteiger charge is 2.30. The Labute approximate surface area is 165 Å². The van der Waals surface area contributed by atoms with E-state index >= 15 is 0 Å². The smallest absolute Gasteiger partial charge is 0.337 e. The Balaban J connectivity index is 1.75. The molecular formula is C20H18ClF3N2O2. The third-order valence-corrected chi connectivity index (χ3v) is 4.92. The monoisotopic (exact) mass is 410 g/mol.